The fourth-order valence-electron chi connectivity index (χ4n) is 3.21. The topological polar surface area (TPSA) is 58.4 Å². The maximum atomic E-state index is 12.5. The van der Waals surface area contributed by atoms with Gasteiger partial charge >= 0.3 is 0 Å². The van der Waals surface area contributed by atoms with Crippen molar-refractivity contribution >= 4 is 36.4 Å². The number of nitrogens with two attached hydrogens (primary N) is 1. The van der Waals surface area contributed by atoms with Crippen LogP contribution in [0.5, 0.6) is 0 Å². The molecular weight excluding hydrogens is 369 g/mol. The predicted molar refractivity (Wildman–Crippen MR) is 112 cm³/mol. The van der Waals surface area contributed by atoms with E-state index in [-0.39, 0.29) is 36.8 Å². The molecule has 1 aliphatic rings. The summed E-state index contributed by atoms with van der Waals surface area (Å²) in [5, 5.41) is 3.21. The van der Waals surface area contributed by atoms with E-state index < -0.39 is 0 Å². The van der Waals surface area contributed by atoms with Gasteiger partial charge in [0.1, 0.15) is 0 Å². The first kappa shape index (κ1) is 22.3. The number of carbonyl (C=O) groups is 1. The van der Waals surface area contributed by atoms with Crippen LogP contribution in [0.2, 0.25) is 0 Å². The number of anilines is 1. The second-order valence-corrected chi connectivity index (χ2v) is 6.46. The van der Waals surface area contributed by atoms with Gasteiger partial charge in [-0.3, -0.25) is 4.79 Å². The average Bonchev–Trinajstić information content (AvgIpc) is 3.10. The van der Waals surface area contributed by atoms with E-state index in [1.807, 2.05) is 42.5 Å². The van der Waals surface area contributed by atoms with E-state index in [2.05, 4.69) is 22.3 Å². The summed E-state index contributed by atoms with van der Waals surface area (Å²) in [5.74, 6) is 0.0489. The molecule has 0 radical (unpaired) electrons. The zero-order valence-corrected chi connectivity index (χ0v) is 16.4. The lowest BCUT2D eigenvalue weighted by molar-refractivity contribution is -0.121. The Labute approximate surface area is 168 Å². The minimum Gasteiger partial charge on any atom is -0.399 e. The van der Waals surface area contributed by atoms with Gasteiger partial charge < -0.3 is 16.0 Å². The smallest absolute Gasteiger partial charge is 0.224 e. The minimum atomic E-state index is 0. The molecule has 1 heterocycles. The van der Waals surface area contributed by atoms with Crippen LogP contribution in [0.25, 0.3) is 0 Å². The highest BCUT2D eigenvalue weighted by Gasteiger charge is 2.20. The molecule has 0 aromatic heterocycles. The van der Waals surface area contributed by atoms with E-state index in [1.54, 1.807) is 0 Å². The summed E-state index contributed by atoms with van der Waals surface area (Å²) in [4.78, 5) is 14.9. The number of carbonyl (C=O) groups excluding carboxylic acids is 1. The molecule has 142 valence electrons. The molecule has 1 amide bonds. The van der Waals surface area contributed by atoms with E-state index in [1.165, 1.54) is 12.8 Å². The summed E-state index contributed by atoms with van der Waals surface area (Å²) in [6, 6.07) is 17.8. The molecule has 26 heavy (non-hydrogen) atoms. The number of hydrogen-bond donors (Lipinski definition) is 2. The molecule has 0 saturated carbocycles. The van der Waals surface area contributed by atoms with Gasteiger partial charge in [0.15, 0.2) is 0 Å². The molecular formula is C20H27Cl2N3O. The Kier molecular flexibility index (Phi) is 9.49. The van der Waals surface area contributed by atoms with Gasteiger partial charge in [0.05, 0.1) is 12.5 Å². The Morgan fingerprint density at radius 2 is 1.62 bits per heavy atom. The number of rotatable bonds is 6. The van der Waals surface area contributed by atoms with Crippen molar-refractivity contribution < 1.29 is 4.79 Å². The molecule has 3 rings (SSSR count). The number of nitrogen functional groups attached to an aromatic ring is 1. The third kappa shape index (κ3) is 6.52. The monoisotopic (exact) mass is 395 g/mol. The summed E-state index contributed by atoms with van der Waals surface area (Å²) >= 11 is 0. The van der Waals surface area contributed by atoms with Crippen molar-refractivity contribution in [3.05, 3.63) is 65.7 Å². The van der Waals surface area contributed by atoms with Gasteiger partial charge in [0.2, 0.25) is 5.91 Å². The molecule has 1 saturated heterocycles. The summed E-state index contributed by atoms with van der Waals surface area (Å²) in [6.45, 7) is 3.12. The van der Waals surface area contributed by atoms with Gasteiger partial charge in [-0.1, -0.05) is 42.5 Å². The summed E-state index contributed by atoms with van der Waals surface area (Å²) in [5.41, 5.74) is 8.56. The lowest BCUT2D eigenvalue weighted by Crippen LogP contribution is -2.37. The largest absolute Gasteiger partial charge is 0.399 e. The van der Waals surface area contributed by atoms with Crippen molar-refractivity contribution in [1.29, 1.82) is 0 Å². The van der Waals surface area contributed by atoms with Crippen LogP contribution in [0, 0.1) is 0 Å². The van der Waals surface area contributed by atoms with E-state index in [0.717, 1.165) is 36.4 Å². The van der Waals surface area contributed by atoms with Gasteiger partial charge in [0, 0.05) is 12.2 Å². The Morgan fingerprint density at radius 1 is 1.00 bits per heavy atom. The second kappa shape index (κ2) is 11.1. The van der Waals surface area contributed by atoms with E-state index in [0.29, 0.717) is 6.42 Å². The van der Waals surface area contributed by atoms with Crippen LogP contribution in [0.3, 0.4) is 0 Å². The normalized spacial score (nSPS) is 14.8. The van der Waals surface area contributed by atoms with Gasteiger partial charge in [0.25, 0.3) is 0 Å². The fraction of sp³-hybridized carbons (Fsp3) is 0.350. The standard InChI is InChI=1S/C20H25N3O.2ClH/c21-18-10-8-16(9-11-18)14-20(24)22-19(15-23-12-4-5-13-23)17-6-2-1-3-7-17;;/h1-3,6-11,19H,4-5,12-15,21H2,(H,22,24);2*1H. The number of amides is 1. The molecule has 0 bridgehead atoms. The third-order valence-electron chi connectivity index (χ3n) is 4.52. The Bertz CT molecular complexity index is 659. The predicted octanol–water partition coefficient (Wildman–Crippen LogP) is 3.61. The zero-order valence-electron chi connectivity index (χ0n) is 14.8. The van der Waals surface area contributed by atoms with E-state index in [9.17, 15) is 4.79 Å². The molecule has 1 aliphatic heterocycles. The first-order chi connectivity index (χ1) is 11.7. The molecule has 2 aromatic rings. The molecule has 6 heteroatoms. The van der Waals surface area contributed by atoms with Crippen molar-refractivity contribution in [3.8, 4) is 0 Å². The molecule has 1 unspecified atom stereocenters. The lowest BCUT2D eigenvalue weighted by atomic mass is 10.1. The highest BCUT2D eigenvalue weighted by Crippen LogP contribution is 2.18. The summed E-state index contributed by atoms with van der Waals surface area (Å²) in [7, 11) is 0. The summed E-state index contributed by atoms with van der Waals surface area (Å²) < 4.78 is 0. The minimum absolute atomic E-state index is 0. The molecule has 1 atom stereocenters. The Balaban J connectivity index is 0.00000169. The number of hydrogen-bond acceptors (Lipinski definition) is 3. The number of nitrogens with zero attached hydrogens (tertiary/aromatic N) is 1. The first-order valence-corrected chi connectivity index (χ1v) is 8.62. The van der Waals surface area contributed by atoms with Crippen molar-refractivity contribution in [2.24, 2.45) is 0 Å². The van der Waals surface area contributed by atoms with Crippen LogP contribution in [0.1, 0.15) is 30.0 Å². The molecule has 4 nitrogen and oxygen atoms in total. The zero-order chi connectivity index (χ0) is 16.8. The number of halogens is 2. The fourth-order valence-corrected chi connectivity index (χ4v) is 3.21. The van der Waals surface area contributed by atoms with Crippen molar-refractivity contribution in [2.45, 2.75) is 25.3 Å². The van der Waals surface area contributed by atoms with Gasteiger partial charge in [-0.2, -0.15) is 0 Å². The number of likely N-dealkylation sites (tertiary alicyclic amines) is 1. The van der Waals surface area contributed by atoms with Crippen LogP contribution in [-0.4, -0.2) is 30.4 Å². The molecule has 2 aromatic carbocycles. The van der Waals surface area contributed by atoms with Crippen LogP contribution in [0.4, 0.5) is 5.69 Å². The van der Waals surface area contributed by atoms with Crippen molar-refractivity contribution in [2.75, 3.05) is 25.4 Å². The molecule has 0 aliphatic carbocycles. The summed E-state index contributed by atoms with van der Waals surface area (Å²) in [6.07, 6.45) is 2.88. The number of benzene rings is 2. The highest BCUT2D eigenvalue weighted by atomic mass is 35.5. The first-order valence-electron chi connectivity index (χ1n) is 8.62. The van der Waals surface area contributed by atoms with Gasteiger partial charge in [-0.25, -0.2) is 0 Å². The van der Waals surface area contributed by atoms with Crippen molar-refractivity contribution in [3.63, 3.8) is 0 Å². The van der Waals surface area contributed by atoms with Gasteiger partial charge in [-0.05, 0) is 49.2 Å². The third-order valence-corrected chi connectivity index (χ3v) is 4.52. The molecule has 1 fully saturated rings. The van der Waals surface area contributed by atoms with Crippen LogP contribution in [0.15, 0.2) is 54.6 Å². The molecule has 3 N–H and O–H groups in total. The maximum Gasteiger partial charge on any atom is 0.224 e. The number of nitrogens with one attached hydrogen (secondary N) is 1. The molecule has 0 spiro atoms. The average molecular weight is 396 g/mol. The van der Waals surface area contributed by atoms with Crippen molar-refractivity contribution in [1.82, 2.24) is 10.2 Å². The van der Waals surface area contributed by atoms with E-state index in [4.69, 9.17) is 5.73 Å². The van der Waals surface area contributed by atoms with Crippen LogP contribution in [-0.2, 0) is 11.2 Å². The van der Waals surface area contributed by atoms with Gasteiger partial charge in [-0.15, -0.1) is 24.8 Å². The second-order valence-electron chi connectivity index (χ2n) is 6.46. The Hall–Kier alpha value is -1.75. The van der Waals surface area contributed by atoms with Crippen LogP contribution >= 0.6 is 24.8 Å². The quantitative estimate of drug-likeness (QED) is 0.734. The maximum absolute atomic E-state index is 12.5. The van der Waals surface area contributed by atoms with Crippen LogP contribution < -0.4 is 11.1 Å². The SMILES string of the molecule is Cl.Cl.Nc1ccc(CC(=O)NC(CN2CCCC2)c2ccccc2)cc1. The highest BCUT2D eigenvalue weighted by molar-refractivity contribution is 5.85. The Morgan fingerprint density at radius 3 is 2.23 bits per heavy atom. The van der Waals surface area contributed by atoms with E-state index >= 15 is 0 Å². The lowest BCUT2D eigenvalue weighted by Gasteiger charge is -2.25.